The standard InChI is InChI=1S/C9H20N3O4P/c13-8-9-7-11(5-6-15-9)16-17(14)12-3-1-10-2-4-12/h9-10,13,17H,1-8H2. The van der Waals surface area contributed by atoms with Gasteiger partial charge in [0.15, 0.2) is 0 Å². The molecule has 0 spiro atoms. The highest BCUT2D eigenvalue weighted by molar-refractivity contribution is 7.36. The van der Waals surface area contributed by atoms with Gasteiger partial charge in [0, 0.05) is 32.7 Å². The van der Waals surface area contributed by atoms with Crippen LogP contribution in [-0.2, 0) is 13.9 Å². The zero-order chi connectivity index (χ0) is 12.1. The highest BCUT2D eigenvalue weighted by Gasteiger charge is 2.24. The maximum absolute atomic E-state index is 12.0. The molecule has 0 aromatic carbocycles. The first-order valence-electron chi connectivity index (χ1n) is 5.94. The molecule has 0 aromatic rings. The van der Waals surface area contributed by atoms with Crippen LogP contribution in [0.15, 0.2) is 0 Å². The zero-order valence-corrected chi connectivity index (χ0v) is 10.8. The van der Waals surface area contributed by atoms with Crippen LogP contribution in [0.1, 0.15) is 0 Å². The van der Waals surface area contributed by atoms with E-state index in [2.05, 4.69) is 5.32 Å². The SMILES string of the molecule is O=[PH](ON1CCOC(CO)C1)N1CCNCC1. The van der Waals surface area contributed by atoms with Crippen molar-refractivity contribution in [2.75, 3.05) is 52.5 Å². The third-order valence-electron chi connectivity index (χ3n) is 2.89. The van der Waals surface area contributed by atoms with E-state index in [9.17, 15) is 4.57 Å². The Morgan fingerprint density at radius 3 is 2.88 bits per heavy atom. The van der Waals surface area contributed by atoms with Gasteiger partial charge in [0.2, 0.25) is 0 Å². The van der Waals surface area contributed by atoms with Gasteiger partial charge < -0.3 is 15.2 Å². The number of piperazine rings is 1. The fourth-order valence-electron chi connectivity index (χ4n) is 1.90. The number of ether oxygens (including phenoxy) is 1. The molecule has 2 atom stereocenters. The molecule has 0 amide bonds. The van der Waals surface area contributed by atoms with Gasteiger partial charge in [-0.05, 0) is 0 Å². The Labute approximate surface area is 102 Å². The molecule has 0 aromatic heterocycles. The van der Waals surface area contributed by atoms with E-state index in [1.54, 1.807) is 5.06 Å². The molecule has 2 saturated heterocycles. The minimum Gasteiger partial charge on any atom is -0.394 e. The first-order chi connectivity index (χ1) is 8.29. The van der Waals surface area contributed by atoms with Crippen molar-refractivity contribution >= 4 is 8.18 Å². The van der Waals surface area contributed by atoms with Crippen molar-refractivity contribution in [3.8, 4) is 0 Å². The van der Waals surface area contributed by atoms with Gasteiger partial charge in [-0.1, -0.05) is 0 Å². The van der Waals surface area contributed by atoms with Crippen LogP contribution in [-0.4, -0.2) is 73.4 Å². The van der Waals surface area contributed by atoms with Crippen molar-refractivity contribution in [2.45, 2.75) is 6.10 Å². The molecule has 0 saturated carbocycles. The van der Waals surface area contributed by atoms with Crippen LogP contribution in [0.4, 0.5) is 0 Å². The summed E-state index contributed by atoms with van der Waals surface area (Å²) in [6.07, 6.45) is -0.235. The molecule has 2 fully saturated rings. The minimum absolute atomic E-state index is 0.0333. The molecule has 2 rings (SSSR count). The second-order valence-corrected chi connectivity index (χ2v) is 5.50. The molecule has 2 aliphatic rings. The minimum atomic E-state index is -2.19. The molecule has 0 bridgehead atoms. The van der Waals surface area contributed by atoms with E-state index in [-0.39, 0.29) is 12.7 Å². The summed E-state index contributed by atoms with van der Waals surface area (Å²) in [7, 11) is -2.19. The summed E-state index contributed by atoms with van der Waals surface area (Å²) >= 11 is 0. The highest BCUT2D eigenvalue weighted by Crippen LogP contribution is 2.30. The third kappa shape index (κ3) is 3.99. The predicted molar refractivity (Wildman–Crippen MR) is 62.9 cm³/mol. The highest BCUT2D eigenvalue weighted by atomic mass is 31.1. The first-order valence-corrected chi connectivity index (χ1v) is 7.21. The Morgan fingerprint density at radius 1 is 1.41 bits per heavy atom. The van der Waals surface area contributed by atoms with Gasteiger partial charge >= 0.3 is 0 Å². The summed E-state index contributed by atoms with van der Waals surface area (Å²) in [5, 5.41) is 13.8. The Morgan fingerprint density at radius 2 is 2.18 bits per heavy atom. The molecule has 2 N–H and O–H groups in total. The fraction of sp³-hybridized carbons (Fsp3) is 1.00. The number of aliphatic hydroxyl groups is 1. The van der Waals surface area contributed by atoms with Crippen LogP contribution in [0.2, 0.25) is 0 Å². The average Bonchev–Trinajstić information content (AvgIpc) is 2.40. The Kier molecular flexibility index (Phi) is 5.37. The summed E-state index contributed by atoms with van der Waals surface area (Å²) < 4.78 is 24.6. The number of nitrogens with one attached hydrogen (secondary N) is 1. The van der Waals surface area contributed by atoms with Crippen molar-refractivity contribution < 1.29 is 19.0 Å². The molecule has 2 aliphatic heterocycles. The van der Waals surface area contributed by atoms with E-state index < -0.39 is 8.18 Å². The molecule has 7 nitrogen and oxygen atoms in total. The van der Waals surface area contributed by atoms with Crippen molar-refractivity contribution in [1.82, 2.24) is 15.1 Å². The van der Waals surface area contributed by atoms with Gasteiger partial charge in [-0.3, -0.25) is 4.57 Å². The lowest BCUT2D eigenvalue weighted by atomic mass is 10.3. The summed E-state index contributed by atoms with van der Waals surface area (Å²) in [5.41, 5.74) is 0. The zero-order valence-electron chi connectivity index (χ0n) is 9.80. The van der Waals surface area contributed by atoms with Gasteiger partial charge in [-0.15, -0.1) is 0 Å². The van der Waals surface area contributed by atoms with E-state index in [0.717, 1.165) is 26.2 Å². The van der Waals surface area contributed by atoms with Crippen LogP contribution in [0, 0.1) is 0 Å². The van der Waals surface area contributed by atoms with Gasteiger partial charge in [-0.2, -0.15) is 5.06 Å². The van der Waals surface area contributed by atoms with Crippen LogP contribution < -0.4 is 5.32 Å². The molecule has 0 aliphatic carbocycles. The number of hydrogen-bond acceptors (Lipinski definition) is 6. The Hall–Kier alpha value is -0.0100. The molecular formula is C9H20N3O4P. The number of hydrogen-bond donors (Lipinski definition) is 2. The van der Waals surface area contributed by atoms with Gasteiger partial charge in [0.05, 0.1) is 25.9 Å². The molecule has 17 heavy (non-hydrogen) atoms. The quantitative estimate of drug-likeness (QED) is 0.625. The van der Waals surface area contributed by atoms with E-state index in [4.69, 9.17) is 14.5 Å². The van der Waals surface area contributed by atoms with Gasteiger partial charge in [0.25, 0.3) is 8.18 Å². The number of hydroxylamine groups is 2. The lowest BCUT2D eigenvalue weighted by Crippen LogP contribution is -2.44. The summed E-state index contributed by atoms with van der Waals surface area (Å²) in [6, 6.07) is 0. The average molecular weight is 265 g/mol. The second-order valence-electron chi connectivity index (χ2n) is 4.16. The molecule has 100 valence electrons. The van der Waals surface area contributed by atoms with E-state index in [1.807, 2.05) is 4.67 Å². The number of nitrogens with zero attached hydrogens (tertiary/aromatic N) is 2. The Bertz CT molecular complexity index is 263. The second kappa shape index (κ2) is 6.80. The van der Waals surface area contributed by atoms with Crippen molar-refractivity contribution in [1.29, 1.82) is 0 Å². The molecule has 2 heterocycles. The van der Waals surface area contributed by atoms with Crippen LogP contribution >= 0.6 is 8.18 Å². The fourth-order valence-corrected chi connectivity index (χ4v) is 2.99. The van der Waals surface area contributed by atoms with Crippen LogP contribution in [0.25, 0.3) is 0 Å². The maximum atomic E-state index is 12.0. The molecule has 0 radical (unpaired) electrons. The Balaban J connectivity index is 1.77. The normalized spacial score (nSPS) is 30.3. The van der Waals surface area contributed by atoms with Gasteiger partial charge in [-0.25, -0.2) is 9.29 Å². The molecule has 2 unspecified atom stereocenters. The summed E-state index contributed by atoms with van der Waals surface area (Å²) in [4.78, 5) is 0. The smallest absolute Gasteiger partial charge is 0.277 e. The van der Waals surface area contributed by atoms with Crippen LogP contribution in [0.3, 0.4) is 0 Å². The van der Waals surface area contributed by atoms with Crippen molar-refractivity contribution in [2.24, 2.45) is 0 Å². The molecular weight excluding hydrogens is 245 g/mol. The topological polar surface area (TPSA) is 74.3 Å². The number of aliphatic hydroxyl groups excluding tert-OH is 1. The predicted octanol–water partition coefficient (Wildman–Crippen LogP) is -1.09. The summed E-state index contributed by atoms with van der Waals surface area (Å²) in [6.45, 7) is 4.75. The maximum Gasteiger partial charge on any atom is 0.277 e. The first kappa shape index (κ1) is 13.4. The van der Waals surface area contributed by atoms with Gasteiger partial charge in [0.1, 0.15) is 0 Å². The monoisotopic (exact) mass is 265 g/mol. The van der Waals surface area contributed by atoms with E-state index in [0.29, 0.717) is 19.7 Å². The van der Waals surface area contributed by atoms with Crippen molar-refractivity contribution in [3.63, 3.8) is 0 Å². The summed E-state index contributed by atoms with van der Waals surface area (Å²) in [5.74, 6) is 0. The lowest BCUT2D eigenvalue weighted by molar-refractivity contribution is -0.155. The molecule has 8 heteroatoms. The third-order valence-corrected chi connectivity index (χ3v) is 4.27. The number of morpholine rings is 1. The van der Waals surface area contributed by atoms with Crippen LogP contribution in [0.5, 0.6) is 0 Å². The van der Waals surface area contributed by atoms with E-state index >= 15 is 0 Å². The van der Waals surface area contributed by atoms with E-state index in [1.165, 1.54) is 0 Å². The lowest BCUT2D eigenvalue weighted by Gasteiger charge is -2.33. The largest absolute Gasteiger partial charge is 0.394 e. The number of rotatable bonds is 4. The van der Waals surface area contributed by atoms with Crippen molar-refractivity contribution in [3.05, 3.63) is 0 Å².